The molecule has 0 N–H and O–H groups in total. The highest BCUT2D eigenvalue weighted by Crippen LogP contribution is 2.42. The van der Waals surface area contributed by atoms with Gasteiger partial charge >= 0.3 is 0 Å². The van der Waals surface area contributed by atoms with Crippen LogP contribution in [0.4, 0.5) is 0 Å². The topological polar surface area (TPSA) is 0 Å². The first-order valence-electron chi connectivity index (χ1n) is 9.22. The standard InChI is InChI=1S/C20H28Cl2S2/c1-3-5-7-9-11-15-13-17(23-19(15)21)18-14-16(20(22)24-18)12-10-8-6-4-2/h13-14H,3-12H2,1-2H3. The minimum atomic E-state index is 0.954. The molecule has 4 heteroatoms. The third-order valence-corrected chi connectivity index (χ3v) is 7.43. The third kappa shape index (κ3) is 6.05. The number of unbranched alkanes of at least 4 members (excludes halogenated alkanes) is 6. The van der Waals surface area contributed by atoms with Gasteiger partial charge in [0.15, 0.2) is 0 Å². The first-order valence-corrected chi connectivity index (χ1v) is 11.6. The number of rotatable bonds is 11. The monoisotopic (exact) mass is 402 g/mol. The molecule has 0 saturated heterocycles. The minimum absolute atomic E-state index is 0.954. The summed E-state index contributed by atoms with van der Waals surface area (Å²) in [4.78, 5) is 2.55. The van der Waals surface area contributed by atoms with Crippen LogP contribution in [0.3, 0.4) is 0 Å². The molecule has 2 aromatic heterocycles. The molecule has 0 aliphatic rings. The Morgan fingerprint density at radius 1 is 0.667 bits per heavy atom. The third-order valence-electron chi connectivity index (χ3n) is 4.36. The zero-order valence-electron chi connectivity index (χ0n) is 14.8. The van der Waals surface area contributed by atoms with Crippen LogP contribution in [0.25, 0.3) is 9.75 Å². The van der Waals surface area contributed by atoms with Gasteiger partial charge in [0.1, 0.15) is 0 Å². The normalized spacial score (nSPS) is 11.3. The molecule has 0 fully saturated rings. The number of aryl methyl sites for hydroxylation is 2. The van der Waals surface area contributed by atoms with Crippen LogP contribution in [-0.2, 0) is 12.8 Å². The first kappa shape index (κ1) is 20.3. The average Bonchev–Trinajstić information content (AvgIpc) is 3.12. The zero-order chi connectivity index (χ0) is 17.4. The predicted octanol–water partition coefficient (Wildman–Crippen LogP) is 9.03. The highest BCUT2D eigenvalue weighted by atomic mass is 35.5. The van der Waals surface area contributed by atoms with Gasteiger partial charge in [-0.15, -0.1) is 22.7 Å². The van der Waals surface area contributed by atoms with Crippen molar-refractivity contribution in [2.75, 3.05) is 0 Å². The van der Waals surface area contributed by atoms with Gasteiger partial charge in [-0.1, -0.05) is 75.6 Å². The van der Waals surface area contributed by atoms with Crippen LogP contribution in [-0.4, -0.2) is 0 Å². The van der Waals surface area contributed by atoms with E-state index in [4.69, 9.17) is 23.2 Å². The van der Waals surface area contributed by atoms with Crippen LogP contribution < -0.4 is 0 Å². The Morgan fingerprint density at radius 2 is 1.08 bits per heavy atom. The fourth-order valence-corrected chi connectivity index (χ4v) is 5.62. The van der Waals surface area contributed by atoms with Crippen molar-refractivity contribution in [3.05, 3.63) is 31.9 Å². The van der Waals surface area contributed by atoms with E-state index in [0.29, 0.717) is 0 Å². The molecule has 0 amide bonds. The fraction of sp³-hybridized carbons (Fsp3) is 0.600. The Hall–Kier alpha value is -0.0200. The maximum atomic E-state index is 6.46. The van der Waals surface area contributed by atoms with E-state index in [-0.39, 0.29) is 0 Å². The molecular formula is C20H28Cl2S2. The van der Waals surface area contributed by atoms with E-state index in [1.165, 1.54) is 72.2 Å². The molecule has 0 atom stereocenters. The van der Waals surface area contributed by atoms with Gasteiger partial charge in [-0.2, -0.15) is 0 Å². The maximum Gasteiger partial charge on any atom is 0.0967 e. The molecule has 24 heavy (non-hydrogen) atoms. The summed E-state index contributed by atoms with van der Waals surface area (Å²) in [5, 5.41) is 0. The Kier molecular flexibility index (Phi) is 9.18. The summed E-state index contributed by atoms with van der Waals surface area (Å²) in [6.45, 7) is 4.49. The number of halogens is 2. The molecule has 0 aromatic carbocycles. The van der Waals surface area contributed by atoms with Crippen LogP contribution in [0.2, 0.25) is 8.67 Å². The fourth-order valence-electron chi connectivity index (χ4n) is 2.88. The Bertz CT molecular complexity index is 559. The number of hydrogen-bond acceptors (Lipinski definition) is 2. The zero-order valence-corrected chi connectivity index (χ0v) is 17.9. The molecule has 0 nitrogen and oxygen atoms in total. The Balaban J connectivity index is 1.98. The van der Waals surface area contributed by atoms with E-state index in [1.54, 1.807) is 22.7 Å². The smallest absolute Gasteiger partial charge is 0.0967 e. The lowest BCUT2D eigenvalue weighted by atomic mass is 10.1. The second kappa shape index (κ2) is 10.9. The van der Waals surface area contributed by atoms with Gasteiger partial charge in [-0.3, -0.25) is 0 Å². The molecule has 0 unspecified atom stereocenters. The summed E-state index contributed by atoms with van der Waals surface area (Å²) in [7, 11) is 0. The second-order valence-electron chi connectivity index (χ2n) is 6.44. The van der Waals surface area contributed by atoms with E-state index < -0.39 is 0 Å². The van der Waals surface area contributed by atoms with Crippen molar-refractivity contribution >= 4 is 45.9 Å². The van der Waals surface area contributed by atoms with Crippen molar-refractivity contribution in [2.45, 2.75) is 78.1 Å². The molecule has 0 aliphatic carbocycles. The lowest BCUT2D eigenvalue weighted by molar-refractivity contribution is 0.667. The molecule has 2 heterocycles. The van der Waals surface area contributed by atoms with Crippen molar-refractivity contribution in [3.8, 4) is 9.75 Å². The molecule has 2 aromatic rings. The van der Waals surface area contributed by atoms with Crippen molar-refractivity contribution in [2.24, 2.45) is 0 Å². The van der Waals surface area contributed by atoms with Crippen LogP contribution >= 0.6 is 45.9 Å². The van der Waals surface area contributed by atoms with Gasteiger partial charge < -0.3 is 0 Å². The van der Waals surface area contributed by atoms with Crippen molar-refractivity contribution in [1.29, 1.82) is 0 Å². The Labute approximate surface area is 165 Å². The predicted molar refractivity (Wildman–Crippen MR) is 113 cm³/mol. The van der Waals surface area contributed by atoms with Crippen LogP contribution in [0, 0.1) is 0 Å². The maximum absolute atomic E-state index is 6.46. The summed E-state index contributed by atoms with van der Waals surface area (Å²) in [6.07, 6.45) is 12.4. The number of hydrogen-bond donors (Lipinski definition) is 0. The molecule has 0 spiro atoms. The van der Waals surface area contributed by atoms with E-state index in [2.05, 4.69) is 26.0 Å². The number of thiophene rings is 2. The molecule has 0 aliphatic heterocycles. The van der Waals surface area contributed by atoms with E-state index in [9.17, 15) is 0 Å². The molecule has 2 rings (SSSR count). The quantitative estimate of drug-likeness (QED) is 0.328. The highest BCUT2D eigenvalue weighted by Gasteiger charge is 2.13. The average molecular weight is 403 g/mol. The van der Waals surface area contributed by atoms with Gasteiger partial charge in [-0.05, 0) is 48.9 Å². The highest BCUT2D eigenvalue weighted by molar-refractivity contribution is 7.25. The van der Waals surface area contributed by atoms with Crippen LogP contribution in [0.1, 0.15) is 76.3 Å². The molecule has 0 saturated carbocycles. The van der Waals surface area contributed by atoms with Gasteiger partial charge in [0.05, 0.1) is 8.67 Å². The summed E-state index contributed by atoms with van der Waals surface area (Å²) >= 11 is 16.3. The van der Waals surface area contributed by atoms with Gasteiger partial charge in [0.2, 0.25) is 0 Å². The second-order valence-corrected chi connectivity index (χ2v) is 9.75. The SMILES string of the molecule is CCCCCCc1cc(-c2cc(CCCCCC)c(Cl)s2)sc1Cl. The van der Waals surface area contributed by atoms with E-state index in [1.807, 2.05) is 0 Å². The van der Waals surface area contributed by atoms with Gasteiger partial charge in [-0.25, -0.2) is 0 Å². The molecule has 0 bridgehead atoms. The lowest BCUT2D eigenvalue weighted by Gasteiger charge is -1.98. The summed E-state index contributed by atoms with van der Waals surface area (Å²) in [5.41, 5.74) is 2.61. The van der Waals surface area contributed by atoms with Gasteiger partial charge in [0, 0.05) is 9.75 Å². The van der Waals surface area contributed by atoms with Crippen LogP contribution in [0.5, 0.6) is 0 Å². The molecular weight excluding hydrogens is 375 g/mol. The molecule has 0 radical (unpaired) electrons. The van der Waals surface area contributed by atoms with Crippen molar-refractivity contribution in [3.63, 3.8) is 0 Å². The largest absolute Gasteiger partial charge is 0.122 e. The van der Waals surface area contributed by atoms with E-state index in [0.717, 1.165) is 21.5 Å². The van der Waals surface area contributed by atoms with Crippen molar-refractivity contribution in [1.82, 2.24) is 0 Å². The van der Waals surface area contributed by atoms with Crippen LogP contribution in [0.15, 0.2) is 12.1 Å². The summed E-state index contributed by atoms with van der Waals surface area (Å²) < 4.78 is 1.91. The lowest BCUT2D eigenvalue weighted by Crippen LogP contribution is -1.83. The summed E-state index contributed by atoms with van der Waals surface area (Å²) in [5.74, 6) is 0. The Morgan fingerprint density at radius 3 is 1.46 bits per heavy atom. The van der Waals surface area contributed by atoms with E-state index >= 15 is 0 Å². The first-order chi connectivity index (χ1) is 11.7. The van der Waals surface area contributed by atoms with Crippen molar-refractivity contribution < 1.29 is 0 Å². The minimum Gasteiger partial charge on any atom is -0.122 e. The van der Waals surface area contributed by atoms with Gasteiger partial charge in [0.25, 0.3) is 0 Å². The summed E-state index contributed by atoms with van der Waals surface area (Å²) in [6, 6.07) is 4.56. The molecule has 134 valence electrons.